The fourth-order valence-corrected chi connectivity index (χ4v) is 2.92. The third-order valence-corrected chi connectivity index (χ3v) is 4.72. The molecule has 2 rings (SSSR count). The maximum absolute atomic E-state index is 11.9. The lowest BCUT2D eigenvalue weighted by atomic mass is 10.2. The Balaban J connectivity index is 1.65. The molecular weight excluding hydrogens is 362 g/mol. The molecule has 0 heterocycles. The normalized spacial score (nSPS) is 10.2. The van der Waals surface area contributed by atoms with Gasteiger partial charge in [-0.2, -0.15) is 0 Å². The Hall–Kier alpha value is -2.67. The van der Waals surface area contributed by atoms with E-state index in [1.54, 1.807) is 31.4 Å². The molecule has 0 unspecified atom stereocenters. The van der Waals surface area contributed by atoms with Crippen LogP contribution in [-0.4, -0.2) is 44.5 Å². The topological polar surface area (TPSA) is 70.7 Å². The van der Waals surface area contributed by atoms with Gasteiger partial charge >= 0.3 is 0 Å². The van der Waals surface area contributed by atoms with E-state index in [2.05, 4.69) is 10.6 Å². The fourth-order valence-electron chi connectivity index (χ4n) is 2.27. The molecule has 0 aliphatic rings. The van der Waals surface area contributed by atoms with Crippen LogP contribution >= 0.6 is 11.8 Å². The number of hydrogen-bond donors (Lipinski definition) is 2. The van der Waals surface area contributed by atoms with Crippen LogP contribution in [0, 0.1) is 0 Å². The van der Waals surface area contributed by atoms with Crippen LogP contribution in [0.3, 0.4) is 0 Å². The van der Waals surface area contributed by atoms with Crippen molar-refractivity contribution in [3.8, 4) is 5.75 Å². The number of methoxy groups -OCH3 is 1. The predicted octanol–water partition coefficient (Wildman–Crippen LogP) is 2.75. The first kappa shape index (κ1) is 20.6. The highest BCUT2D eigenvalue weighted by Crippen LogP contribution is 2.15. The third kappa shape index (κ3) is 7.22. The highest BCUT2D eigenvalue weighted by atomic mass is 32.2. The van der Waals surface area contributed by atoms with E-state index >= 15 is 0 Å². The molecule has 2 aromatic carbocycles. The van der Waals surface area contributed by atoms with Gasteiger partial charge in [-0.25, -0.2) is 0 Å². The third-order valence-electron chi connectivity index (χ3n) is 3.78. The molecule has 0 saturated carbocycles. The monoisotopic (exact) mass is 387 g/mol. The highest BCUT2D eigenvalue weighted by molar-refractivity contribution is 8.00. The summed E-state index contributed by atoms with van der Waals surface area (Å²) in [4.78, 5) is 25.9. The van der Waals surface area contributed by atoms with Crippen molar-refractivity contribution >= 4 is 35.0 Å². The zero-order valence-electron chi connectivity index (χ0n) is 15.8. The molecule has 2 aromatic rings. The van der Waals surface area contributed by atoms with Crippen LogP contribution in [0.2, 0.25) is 0 Å². The molecule has 144 valence electrons. The molecule has 7 heteroatoms. The quantitative estimate of drug-likeness (QED) is 0.692. The summed E-state index contributed by atoms with van der Waals surface area (Å²) in [6, 6.07) is 15.1. The second kappa shape index (κ2) is 10.5. The summed E-state index contributed by atoms with van der Waals surface area (Å²) in [6.45, 7) is 0.477. The number of anilines is 2. The van der Waals surface area contributed by atoms with E-state index in [1.807, 2.05) is 43.3 Å². The maximum atomic E-state index is 11.9. The number of benzene rings is 2. The zero-order valence-corrected chi connectivity index (χ0v) is 16.6. The minimum atomic E-state index is -0.141. The molecule has 0 fully saturated rings. The van der Waals surface area contributed by atoms with E-state index in [0.717, 1.165) is 17.0 Å². The average Bonchev–Trinajstić information content (AvgIpc) is 2.67. The number of amides is 2. The first-order chi connectivity index (χ1) is 13.0. The minimum absolute atomic E-state index is 0.0890. The van der Waals surface area contributed by atoms with Gasteiger partial charge in [0.15, 0.2) is 0 Å². The van der Waals surface area contributed by atoms with Crippen molar-refractivity contribution in [2.24, 2.45) is 0 Å². The Morgan fingerprint density at radius 3 is 2.19 bits per heavy atom. The number of carbonyl (C=O) groups is 2. The van der Waals surface area contributed by atoms with Crippen molar-refractivity contribution in [3.63, 3.8) is 0 Å². The van der Waals surface area contributed by atoms with E-state index in [0.29, 0.717) is 12.2 Å². The van der Waals surface area contributed by atoms with Gasteiger partial charge in [-0.15, -0.1) is 11.8 Å². The fraction of sp³-hybridized carbons (Fsp3) is 0.300. The number of nitrogens with zero attached hydrogens (tertiary/aromatic N) is 1. The van der Waals surface area contributed by atoms with Gasteiger partial charge in [-0.1, -0.05) is 12.1 Å². The Kier molecular flexibility index (Phi) is 8.00. The Morgan fingerprint density at radius 1 is 0.963 bits per heavy atom. The average molecular weight is 388 g/mol. The lowest BCUT2D eigenvalue weighted by Gasteiger charge is -2.13. The van der Waals surface area contributed by atoms with Gasteiger partial charge in [0.2, 0.25) is 11.8 Å². The summed E-state index contributed by atoms with van der Waals surface area (Å²) in [5.74, 6) is 0.963. The van der Waals surface area contributed by atoms with E-state index in [9.17, 15) is 9.59 Å². The minimum Gasteiger partial charge on any atom is -0.497 e. The van der Waals surface area contributed by atoms with E-state index in [4.69, 9.17) is 4.74 Å². The van der Waals surface area contributed by atoms with E-state index < -0.39 is 0 Å². The Morgan fingerprint density at radius 2 is 1.59 bits per heavy atom. The van der Waals surface area contributed by atoms with Gasteiger partial charge in [0.1, 0.15) is 5.75 Å². The van der Waals surface area contributed by atoms with Crippen LogP contribution in [0.25, 0.3) is 0 Å². The van der Waals surface area contributed by atoms with Crippen LogP contribution in [0.15, 0.2) is 48.5 Å². The van der Waals surface area contributed by atoms with Crippen LogP contribution in [0.1, 0.15) is 5.56 Å². The van der Waals surface area contributed by atoms with Gasteiger partial charge in [0, 0.05) is 32.0 Å². The lowest BCUT2D eigenvalue weighted by molar-refractivity contribution is -0.118. The van der Waals surface area contributed by atoms with Crippen molar-refractivity contribution in [2.45, 2.75) is 6.54 Å². The van der Waals surface area contributed by atoms with Crippen LogP contribution in [0.5, 0.6) is 5.75 Å². The molecule has 0 spiro atoms. The molecule has 0 bridgehead atoms. The van der Waals surface area contributed by atoms with Crippen molar-refractivity contribution in [1.82, 2.24) is 5.32 Å². The largest absolute Gasteiger partial charge is 0.497 e. The first-order valence-corrected chi connectivity index (χ1v) is 9.68. The molecule has 0 saturated heterocycles. The van der Waals surface area contributed by atoms with Crippen LogP contribution in [-0.2, 0) is 16.1 Å². The van der Waals surface area contributed by atoms with E-state index in [-0.39, 0.29) is 23.3 Å². The molecule has 2 N–H and O–H groups in total. The summed E-state index contributed by atoms with van der Waals surface area (Å²) in [5, 5.41) is 5.65. The van der Waals surface area contributed by atoms with Gasteiger partial charge in [-0.3, -0.25) is 9.59 Å². The second-order valence-electron chi connectivity index (χ2n) is 6.11. The number of ether oxygens (including phenoxy) is 1. The number of hydrogen-bond acceptors (Lipinski definition) is 5. The molecule has 0 radical (unpaired) electrons. The second-order valence-corrected chi connectivity index (χ2v) is 7.09. The smallest absolute Gasteiger partial charge is 0.234 e. The standard InChI is InChI=1S/C20H25N3O3S/c1-23(2)17-8-4-15(5-9-17)12-21-19(24)13-27-14-20(25)22-16-6-10-18(26-3)11-7-16/h4-11H,12-14H2,1-3H3,(H,21,24)(H,22,25). The SMILES string of the molecule is COc1ccc(NC(=O)CSCC(=O)NCc2ccc(N(C)C)cc2)cc1. The molecule has 27 heavy (non-hydrogen) atoms. The molecule has 6 nitrogen and oxygen atoms in total. The van der Waals surface area contributed by atoms with Crippen molar-refractivity contribution in [2.75, 3.05) is 42.9 Å². The molecule has 0 aliphatic carbocycles. The van der Waals surface area contributed by atoms with Crippen molar-refractivity contribution in [3.05, 3.63) is 54.1 Å². The summed E-state index contributed by atoms with van der Waals surface area (Å²) >= 11 is 1.28. The number of nitrogens with one attached hydrogen (secondary N) is 2. The van der Waals surface area contributed by atoms with Crippen molar-refractivity contribution in [1.29, 1.82) is 0 Å². The number of thioether (sulfide) groups is 1. The molecule has 2 amide bonds. The molecule has 0 aliphatic heterocycles. The van der Waals surface area contributed by atoms with Crippen LogP contribution in [0.4, 0.5) is 11.4 Å². The van der Waals surface area contributed by atoms with E-state index in [1.165, 1.54) is 11.8 Å². The Labute approximate surface area is 164 Å². The summed E-state index contributed by atoms with van der Waals surface area (Å²) in [7, 11) is 5.56. The van der Waals surface area contributed by atoms with Gasteiger partial charge < -0.3 is 20.3 Å². The molecule has 0 aromatic heterocycles. The molecular formula is C20H25N3O3S. The number of rotatable bonds is 9. The summed E-state index contributed by atoms with van der Waals surface area (Å²) in [6.07, 6.45) is 0. The highest BCUT2D eigenvalue weighted by Gasteiger charge is 2.07. The lowest BCUT2D eigenvalue weighted by Crippen LogP contribution is -2.25. The maximum Gasteiger partial charge on any atom is 0.234 e. The van der Waals surface area contributed by atoms with Gasteiger partial charge in [0.05, 0.1) is 18.6 Å². The summed E-state index contributed by atoms with van der Waals surface area (Å²) in [5.41, 5.74) is 2.85. The predicted molar refractivity (Wildman–Crippen MR) is 112 cm³/mol. The zero-order chi connectivity index (χ0) is 19.6. The summed E-state index contributed by atoms with van der Waals surface area (Å²) < 4.78 is 5.07. The first-order valence-electron chi connectivity index (χ1n) is 8.52. The van der Waals surface area contributed by atoms with Crippen molar-refractivity contribution < 1.29 is 14.3 Å². The van der Waals surface area contributed by atoms with Gasteiger partial charge in [-0.05, 0) is 42.0 Å². The van der Waals surface area contributed by atoms with Crippen LogP contribution < -0.4 is 20.3 Å². The Bertz CT molecular complexity index is 746. The molecule has 0 atom stereocenters. The number of carbonyl (C=O) groups excluding carboxylic acids is 2. The van der Waals surface area contributed by atoms with Gasteiger partial charge in [0.25, 0.3) is 0 Å².